The minimum Gasteiger partial charge on any atom is -0.380 e. The van der Waals surface area contributed by atoms with Crippen molar-refractivity contribution in [2.24, 2.45) is 0 Å². The van der Waals surface area contributed by atoms with Crippen molar-refractivity contribution in [3.8, 4) is 6.07 Å². The molecule has 1 N–H and O–H groups in total. The predicted molar refractivity (Wildman–Crippen MR) is 74.2 cm³/mol. The van der Waals surface area contributed by atoms with E-state index in [4.69, 9.17) is 5.26 Å². The summed E-state index contributed by atoms with van der Waals surface area (Å²) in [6.45, 7) is 0. The van der Waals surface area contributed by atoms with Crippen molar-refractivity contribution < 1.29 is 8.42 Å². The lowest BCUT2D eigenvalue weighted by molar-refractivity contribution is 0.562. The largest absolute Gasteiger partial charge is 0.380 e. The Kier molecular flexibility index (Phi) is 3.93. The van der Waals surface area contributed by atoms with Crippen LogP contribution in [0.1, 0.15) is 18.4 Å². The van der Waals surface area contributed by atoms with Crippen LogP contribution in [-0.4, -0.2) is 26.0 Å². The van der Waals surface area contributed by atoms with Crippen molar-refractivity contribution in [1.82, 2.24) is 0 Å². The first kappa shape index (κ1) is 13.4. The zero-order chi connectivity index (χ0) is 13.2. The van der Waals surface area contributed by atoms with Crippen LogP contribution in [-0.2, 0) is 9.84 Å². The Balaban J connectivity index is 2.12. The minimum absolute atomic E-state index is 0.0482. The Morgan fingerprint density at radius 3 is 2.83 bits per heavy atom. The molecule has 1 aromatic carbocycles. The number of nitrogens with one attached hydrogen (secondary N) is 1. The summed E-state index contributed by atoms with van der Waals surface area (Å²) in [7, 11) is -2.91. The lowest BCUT2D eigenvalue weighted by Crippen LogP contribution is -2.34. The van der Waals surface area contributed by atoms with Crippen LogP contribution in [0, 0.1) is 11.3 Å². The molecule has 1 aliphatic rings. The number of anilines is 1. The first-order valence-corrected chi connectivity index (χ1v) is 8.28. The van der Waals surface area contributed by atoms with E-state index in [1.54, 1.807) is 18.2 Å². The standard InChI is InChI=1S/C12H13BrN2O2S/c13-11-6-9(7-14)3-4-12(11)15-10-2-1-5-18(16,17)8-10/h3-4,6,10,15H,1-2,5,8H2. The number of hydrogen-bond donors (Lipinski definition) is 1. The van der Waals surface area contributed by atoms with E-state index in [0.717, 1.165) is 16.6 Å². The highest BCUT2D eigenvalue weighted by atomic mass is 79.9. The molecule has 4 nitrogen and oxygen atoms in total. The maximum atomic E-state index is 11.5. The van der Waals surface area contributed by atoms with Crippen molar-refractivity contribution in [2.75, 3.05) is 16.8 Å². The molecule has 0 aromatic heterocycles. The van der Waals surface area contributed by atoms with Gasteiger partial charge in [-0.05, 0) is 47.0 Å². The monoisotopic (exact) mass is 328 g/mol. The van der Waals surface area contributed by atoms with Crippen LogP contribution >= 0.6 is 15.9 Å². The molecule has 1 aliphatic heterocycles. The smallest absolute Gasteiger partial charge is 0.152 e. The molecule has 1 saturated heterocycles. The van der Waals surface area contributed by atoms with Crippen molar-refractivity contribution >= 4 is 31.5 Å². The van der Waals surface area contributed by atoms with Gasteiger partial charge in [0.05, 0.1) is 23.1 Å². The summed E-state index contributed by atoms with van der Waals surface area (Å²) in [5.74, 6) is 0.471. The predicted octanol–water partition coefficient (Wildman–Crippen LogP) is 2.31. The third kappa shape index (κ3) is 3.24. The van der Waals surface area contributed by atoms with E-state index in [1.165, 1.54) is 0 Å². The summed E-state index contributed by atoms with van der Waals surface area (Å²) in [5.41, 5.74) is 1.40. The van der Waals surface area contributed by atoms with Crippen LogP contribution < -0.4 is 5.32 Å². The summed E-state index contributed by atoms with van der Waals surface area (Å²) in [4.78, 5) is 0. The lowest BCUT2D eigenvalue weighted by atomic mass is 10.1. The van der Waals surface area contributed by atoms with Gasteiger partial charge in [0.2, 0.25) is 0 Å². The van der Waals surface area contributed by atoms with Gasteiger partial charge in [0, 0.05) is 16.2 Å². The molecule has 6 heteroatoms. The van der Waals surface area contributed by atoms with Crippen LogP contribution in [0.2, 0.25) is 0 Å². The first-order chi connectivity index (χ1) is 8.50. The number of benzene rings is 1. The molecule has 1 atom stereocenters. The van der Waals surface area contributed by atoms with Gasteiger partial charge >= 0.3 is 0 Å². The van der Waals surface area contributed by atoms with Gasteiger partial charge in [0.1, 0.15) is 0 Å². The quantitative estimate of drug-likeness (QED) is 0.904. The maximum absolute atomic E-state index is 11.5. The first-order valence-electron chi connectivity index (χ1n) is 5.67. The number of rotatable bonds is 2. The minimum atomic E-state index is -2.91. The molecule has 0 spiro atoms. The Morgan fingerprint density at radius 1 is 1.44 bits per heavy atom. The van der Waals surface area contributed by atoms with Gasteiger partial charge in [-0.3, -0.25) is 0 Å². The van der Waals surface area contributed by atoms with Crippen molar-refractivity contribution in [3.63, 3.8) is 0 Å². The molecule has 1 unspecified atom stereocenters. The number of nitriles is 1. The second kappa shape index (κ2) is 5.29. The Bertz CT molecular complexity index is 593. The fourth-order valence-corrected chi connectivity index (χ4v) is 4.19. The normalized spacial score (nSPS) is 22.1. The van der Waals surface area contributed by atoms with Crippen LogP contribution in [0.25, 0.3) is 0 Å². The highest BCUT2D eigenvalue weighted by Gasteiger charge is 2.24. The molecule has 0 bridgehead atoms. The molecular formula is C12H13BrN2O2S. The summed E-state index contributed by atoms with van der Waals surface area (Å²) in [6, 6.07) is 7.24. The highest BCUT2D eigenvalue weighted by molar-refractivity contribution is 9.10. The maximum Gasteiger partial charge on any atom is 0.152 e. The molecule has 1 heterocycles. The summed E-state index contributed by atoms with van der Waals surface area (Å²) in [6.07, 6.45) is 1.56. The third-order valence-corrected chi connectivity index (χ3v) is 5.40. The Hall–Kier alpha value is -1.06. The van der Waals surface area contributed by atoms with Gasteiger partial charge in [-0.1, -0.05) is 0 Å². The topological polar surface area (TPSA) is 70.0 Å². The van der Waals surface area contributed by atoms with Gasteiger partial charge in [-0.25, -0.2) is 8.42 Å². The van der Waals surface area contributed by atoms with Crippen LogP contribution in [0.15, 0.2) is 22.7 Å². The molecule has 1 fully saturated rings. The van der Waals surface area contributed by atoms with Crippen molar-refractivity contribution in [2.45, 2.75) is 18.9 Å². The van der Waals surface area contributed by atoms with Crippen LogP contribution in [0.4, 0.5) is 5.69 Å². The van der Waals surface area contributed by atoms with E-state index in [-0.39, 0.29) is 11.8 Å². The third-order valence-electron chi connectivity index (χ3n) is 2.92. The fraction of sp³-hybridized carbons (Fsp3) is 0.417. The van der Waals surface area contributed by atoms with E-state index in [0.29, 0.717) is 17.7 Å². The molecule has 0 radical (unpaired) electrons. The number of sulfone groups is 1. The molecule has 18 heavy (non-hydrogen) atoms. The molecule has 96 valence electrons. The summed E-state index contributed by atoms with van der Waals surface area (Å²) in [5, 5.41) is 12.0. The van der Waals surface area contributed by atoms with E-state index >= 15 is 0 Å². The van der Waals surface area contributed by atoms with Gasteiger partial charge < -0.3 is 5.32 Å². The number of nitrogens with zero attached hydrogens (tertiary/aromatic N) is 1. The molecule has 0 amide bonds. The Labute approximate surface area is 115 Å². The van der Waals surface area contributed by atoms with E-state index in [9.17, 15) is 8.42 Å². The lowest BCUT2D eigenvalue weighted by Gasteiger charge is -2.24. The van der Waals surface area contributed by atoms with E-state index in [1.807, 2.05) is 0 Å². The van der Waals surface area contributed by atoms with Gasteiger partial charge in [-0.2, -0.15) is 5.26 Å². The molecule has 1 aromatic rings. The molecule has 0 saturated carbocycles. The average Bonchev–Trinajstić information content (AvgIpc) is 2.30. The molecule has 2 rings (SSSR count). The van der Waals surface area contributed by atoms with Gasteiger partial charge in [0.25, 0.3) is 0 Å². The second-order valence-corrected chi connectivity index (χ2v) is 7.49. The second-order valence-electron chi connectivity index (χ2n) is 4.40. The van der Waals surface area contributed by atoms with Gasteiger partial charge in [0.15, 0.2) is 9.84 Å². The Morgan fingerprint density at radius 2 is 2.22 bits per heavy atom. The van der Waals surface area contributed by atoms with Gasteiger partial charge in [-0.15, -0.1) is 0 Å². The van der Waals surface area contributed by atoms with Crippen LogP contribution in [0.5, 0.6) is 0 Å². The highest BCUT2D eigenvalue weighted by Crippen LogP contribution is 2.26. The zero-order valence-electron chi connectivity index (χ0n) is 9.69. The summed E-state index contributed by atoms with van der Waals surface area (Å²) >= 11 is 3.38. The zero-order valence-corrected chi connectivity index (χ0v) is 12.1. The fourth-order valence-electron chi connectivity index (χ4n) is 2.06. The van der Waals surface area contributed by atoms with E-state index in [2.05, 4.69) is 27.3 Å². The van der Waals surface area contributed by atoms with Crippen LogP contribution in [0.3, 0.4) is 0 Å². The average molecular weight is 329 g/mol. The summed E-state index contributed by atoms with van der Waals surface area (Å²) < 4.78 is 23.9. The van der Waals surface area contributed by atoms with Crippen molar-refractivity contribution in [1.29, 1.82) is 5.26 Å². The molecular weight excluding hydrogens is 316 g/mol. The number of hydrogen-bond acceptors (Lipinski definition) is 4. The molecule has 0 aliphatic carbocycles. The van der Waals surface area contributed by atoms with Crippen molar-refractivity contribution in [3.05, 3.63) is 28.2 Å². The van der Waals surface area contributed by atoms with E-state index < -0.39 is 9.84 Å². The number of halogens is 1. The SMILES string of the molecule is N#Cc1ccc(NC2CCCS(=O)(=O)C2)c(Br)c1.